The van der Waals surface area contributed by atoms with E-state index in [2.05, 4.69) is 21.2 Å². The van der Waals surface area contributed by atoms with Crippen LogP contribution in [0.1, 0.15) is 24.8 Å². The number of halogens is 4. The Hall–Kier alpha value is -1.08. The standard InChI is InChI=1S/C13H13BrF3NO2/c14-10-4-3-8(13(15,16)17)6-11(10)18-12(19)7-9-2-1-5-20-9/h3-4,6,9H,1-2,5,7H2,(H,18,19). The first-order valence-electron chi connectivity index (χ1n) is 6.14. The molecule has 1 aliphatic heterocycles. The summed E-state index contributed by atoms with van der Waals surface area (Å²) in [4.78, 5) is 11.8. The van der Waals surface area contributed by atoms with Gasteiger partial charge in [-0.1, -0.05) is 0 Å². The zero-order valence-electron chi connectivity index (χ0n) is 10.5. The van der Waals surface area contributed by atoms with Crippen LogP contribution < -0.4 is 5.32 Å². The van der Waals surface area contributed by atoms with Crippen molar-refractivity contribution < 1.29 is 22.7 Å². The molecule has 0 spiro atoms. The van der Waals surface area contributed by atoms with Crippen molar-refractivity contribution in [3.8, 4) is 0 Å². The van der Waals surface area contributed by atoms with Gasteiger partial charge in [0.2, 0.25) is 5.91 Å². The smallest absolute Gasteiger partial charge is 0.378 e. The van der Waals surface area contributed by atoms with Crippen LogP contribution in [-0.4, -0.2) is 18.6 Å². The molecule has 1 aromatic carbocycles. The highest BCUT2D eigenvalue weighted by atomic mass is 79.9. The zero-order valence-corrected chi connectivity index (χ0v) is 12.1. The Morgan fingerprint density at radius 2 is 2.20 bits per heavy atom. The van der Waals surface area contributed by atoms with E-state index < -0.39 is 11.7 Å². The normalized spacial score (nSPS) is 19.1. The van der Waals surface area contributed by atoms with E-state index in [1.165, 1.54) is 6.07 Å². The highest BCUT2D eigenvalue weighted by Gasteiger charge is 2.31. The van der Waals surface area contributed by atoms with Gasteiger partial charge >= 0.3 is 6.18 Å². The van der Waals surface area contributed by atoms with Crippen molar-refractivity contribution in [3.63, 3.8) is 0 Å². The average molecular weight is 352 g/mol. The largest absolute Gasteiger partial charge is 0.416 e. The second kappa shape index (κ2) is 6.13. The number of amides is 1. The van der Waals surface area contributed by atoms with Crippen LogP contribution >= 0.6 is 15.9 Å². The van der Waals surface area contributed by atoms with Crippen LogP contribution in [-0.2, 0) is 15.7 Å². The summed E-state index contributed by atoms with van der Waals surface area (Å²) in [5, 5.41) is 2.48. The van der Waals surface area contributed by atoms with Crippen LogP contribution in [0.5, 0.6) is 0 Å². The van der Waals surface area contributed by atoms with E-state index in [1.54, 1.807) is 0 Å². The van der Waals surface area contributed by atoms with E-state index in [1.807, 2.05) is 0 Å². The van der Waals surface area contributed by atoms with Gasteiger partial charge in [-0.3, -0.25) is 4.79 Å². The summed E-state index contributed by atoms with van der Waals surface area (Å²) in [6, 6.07) is 3.14. The maximum Gasteiger partial charge on any atom is 0.416 e. The van der Waals surface area contributed by atoms with Crippen LogP contribution in [0.2, 0.25) is 0 Å². The molecule has 0 radical (unpaired) electrons. The van der Waals surface area contributed by atoms with Crippen LogP contribution in [0.25, 0.3) is 0 Å². The maximum atomic E-state index is 12.6. The number of alkyl halides is 3. The second-order valence-corrected chi connectivity index (χ2v) is 5.43. The summed E-state index contributed by atoms with van der Waals surface area (Å²) in [5.41, 5.74) is -0.684. The molecule has 1 aromatic rings. The summed E-state index contributed by atoms with van der Waals surface area (Å²) in [6.45, 7) is 0.630. The molecule has 7 heteroatoms. The lowest BCUT2D eigenvalue weighted by molar-refractivity contribution is -0.137. The minimum atomic E-state index is -4.44. The van der Waals surface area contributed by atoms with Gasteiger partial charge in [0.1, 0.15) is 0 Å². The number of hydrogen-bond acceptors (Lipinski definition) is 2. The van der Waals surface area contributed by atoms with Gasteiger partial charge < -0.3 is 10.1 Å². The fourth-order valence-electron chi connectivity index (χ4n) is 2.01. The molecule has 1 fully saturated rings. The second-order valence-electron chi connectivity index (χ2n) is 4.58. The average Bonchev–Trinajstić information content (AvgIpc) is 2.83. The van der Waals surface area contributed by atoms with Gasteiger partial charge in [0, 0.05) is 11.1 Å². The molecule has 1 saturated heterocycles. The Labute approximate surface area is 122 Å². The molecule has 20 heavy (non-hydrogen) atoms. The zero-order chi connectivity index (χ0) is 14.8. The summed E-state index contributed by atoms with van der Waals surface area (Å²) < 4.78 is 43.6. The molecule has 0 aromatic heterocycles. The molecule has 1 unspecified atom stereocenters. The first-order chi connectivity index (χ1) is 9.36. The lowest BCUT2D eigenvalue weighted by atomic mass is 10.1. The van der Waals surface area contributed by atoms with E-state index in [0.29, 0.717) is 11.1 Å². The van der Waals surface area contributed by atoms with E-state index in [4.69, 9.17) is 4.74 Å². The maximum absolute atomic E-state index is 12.6. The predicted molar refractivity (Wildman–Crippen MR) is 71.4 cm³/mol. The number of anilines is 1. The van der Waals surface area contributed by atoms with E-state index >= 15 is 0 Å². The first kappa shape index (κ1) is 15.3. The van der Waals surface area contributed by atoms with Crippen molar-refractivity contribution in [2.24, 2.45) is 0 Å². The number of hydrogen-bond donors (Lipinski definition) is 1. The van der Waals surface area contributed by atoms with Crippen molar-refractivity contribution in [2.45, 2.75) is 31.5 Å². The quantitative estimate of drug-likeness (QED) is 0.894. The summed E-state index contributed by atoms with van der Waals surface area (Å²) in [6.07, 6.45) is -2.71. The SMILES string of the molecule is O=C(CC1CCCO1)Nc1cc(C(F)(F)F)ccc1Br. The number of rotatable bonds is 3. The highest BCUT2D eigenvalue weighted by molar-refractivity contribution is 9.10. The third-order valence-corrected chi connectivity index (χ3v) is 3.70. The monoisotopic (exact) mass is 351 g/mol. The fourth-order valence-corrected chi connectivity index (χ4v) is 2.36. The molecule has 110 valence electrons. The lowest BCUT2D eigenvalue weighted by Crippen LogP contribution is -2.19. The fraction of sp³-hybridized carbons (Fsp3) is 0.462. The topological polar surface area (TPSA) is 38.3 Å². The van der Waals surface area contributed by atoms with Crippen LogP contribution in [0.4, 0.5) is 18.9 Å². The predicted octanol–water partition coefficient (Wildman–Crippen LogP) is 3.98. The van der Waals surface area contributed by atoms with Gasteiger partial charge in [0.15, 0.2) is 0 Å². The first-order valence-corrected chi connectivity index (χ1v) is 6.94. The molecule has 0 aliphatic carbocycles. The number of benzene rings is 1. The van der Waals surface area contributed by atoms with Gasteiger partial charge in [0.05, 0.1) is 23.8 Å². The number of carbonyl (C=O) groups is 1. The molecular weight excluding hydrogens is 339 g/mol. The molecule has 2 rings (SSSR count). The van der Waals surface area contributed by atoms with Crippen molar-refractivity contribution in [1.82, 2.24) is 0 Å². The Kier molecular flexibility index (Phi) is 4.70. The molecule has 1 atom stereocenters. The summed E-state index contributed by atoms with van der Waals surface area (Å²) in [7, 11) is 0. The molecular formula is C13H13BrF3NO2. The van der Waals surface area contributed by atoms with Crippen LogP contribution in [0.3, 0.4) is 0 Å². The Morgan fingerprint density at radius 3 is 2.80 bits per heavy atom. The Balaban J connectivity index is 2.06. The molecule has 0 saturated carbocycles. The van der Waals surface area contributed by atoms with Gasteiger partial charge in [-0.15, -0.1) is 0 Å². The van der Waals surface area contributed by atoms with Crippen molar-refractivity contribution in [1.29, 1.82) is 0 Å². The highest BCUT2D eigenvalue weighted by Crippen LogP contribution is 2.34. The molecule has 1 amide bonds. The van der Waals surface area contributed by atoms with E-state index in [-0.39, 0.29) is 24.1 Å². The third kappa shape index (κ3) is 3.96. The Bertz CT molecular complexity index is 499. The molecule has 1 N–H and O–H groups in total. The van der Waals surface area contributed by atoms with E-state index in [9.17, 15) is 18.0 Å². The molecule has 1 aliphatic rings. The lowest BCUT2D eigenvalue weighted by Gasteiger charge is -2.13. The van der Waals surface area contributed by atoms with Gasteiger partial charge in [-0.25, -0.2) is 0 Å². The molecule has 0 bridgehead atoms. The summed E-state index contributed by atoms with van der Waals surface area (Å²) >= 11 is 3.13. The number of ether oxygens (including phenoxy) is 1. The van der Waals surface area contributed by atoms with Crippen molar-refractivity contribution in [3.05, 3.63) is 28.2 Å². The van der Waals surface area contributed by atoms with Gasteiger partial charge in [0.25, 0.3) is 0 Å². The summed E-state index contributed by atoms with van der Waals surface area (Å²) in [5.74, 6) is -0.350. The number of carbonyl (C=O) groups excluding carboxylic acids is 1. The third-order valence-electron chi connectivity index (χ3n) is 3.00. The molecule has 1 heterocycles. The van der Waals surface area contributed by atoms with Crippen molar-refractivity contribution in [2.75, 3.05) is 11.9 Å². The Morgan fingerprint density at radius 1 is 1.45 bits per heavy atom. The minimum absolute atomic E-state index is 0.114. The van der Waals surface area contributed by atoms with Crippen LogP contribution in [0, 0.1) is 0 Å². The van der Waals surface area contributed by atoms with Crippen molar-refractivity contribution >= 4 is 27.5 Å². The van der Waals surface area contributed by atoms with Crippen LogP contribution in [0.15, 0.2) is 22.7 Å². The minimum Gasteiger partial charge on any atom is -0.378 e. The van der Waals surface area contributed by atoms with Gasteiger partial charge in [-0.2, -0.15) is 13.2 Å². The molecule has 3 nitrogen and oxygen atoms in total. The van der Waals surface area contributed by atoms with E-state index in [0.717, 1.165) is 25.0 Å². The van der Waals surface area contributed by atoms with Gasteiger partial charge in [-0.05, 0) is 47.0 Å². The number of nitrogens with one attached hydrogen (secondary N) is 1.